The number of unbranched alkanes of at least 4 members (excludes halogenated alkanes) is 45. The van der Waals surface area contributed by atoms with Crippen LogP contribution in [0.5, 0.6) is 0 Å². The average molecular weight is 1220 g/mol. The van der Waals surface area contributed by atoms with Crippen molar-refractivity contribution in [3.05, 3.63) is 60.8 Å². The molecule has 0 aromatic rings. The van der Waals surface area contributed by atoms with Crippen LogP contribution >= 0.6 is 0 Å². The molecular weight excluding hydrogens is 1080 g/mol. The maximum Gasteiger partial charge on any atom is 0.361 e. The lowest BCUT2D eigenvalue weighted by Gasteiger charge is -2.25. The highest BCUT2D eigenvalue weighted by atomic mass is 16.7. The van der Waals surface area contributed by atoms with E-state index >= 15 is 0 Å². The fourth-order valence-electron chi connectivity index (χ4n) is 11.1. The molecule has 508 valence electrons. The summed E-state index contributed by atoms with van der Waals surface area (Å²) in [7, 11) is 5.99. The number of ether oxygens (including phenoxy) is 4. The number of hydrogen-bond acceptors (Lipinski definition) is 7. The highest BCUT2D eigenvalue weighted by Crippen LogP contribution is 2.19. The zero-order chi connectivity index (χ0) is 63.3. The van der Waals surface area contributed by atoms with Gasteiger partial charge in [0.25, 0.3) is 6.29 Å². The molecule has 9 nitrogen and oxygen atoms in total. The van der Waals surface area contributed by atoms with E-state index in [4.69, 9.17) is 18.9 Å². The predicted molar refractivity (Wildman–Crippen MR) is 373 cm³/mol. The fourth-order valence-corrected chi connectivity index (χ4v) is 11.1. The van der Waals surface area contributed by atoms with E-state index in [1.165, 1.54) is 270 Å². The first kappa shape index (κ1) is 84.0. The van der Waals surface area contributed by atoms with Crippen LogP contribution in [-0.4, -0.2) is 87.4 Å². The van der Waals surface area contributed by atoms with Crippen molar-refractivity contribution in [2.24, 2.45) is 0 Å². The Hall–Kier alpha value is -3.01. The van der Waals surface area contributed by atoms with Gasteiger partial charge in [-0.2, -0.15) is 0 Å². The van der Waals surface area contributed by atoms with Crippen LogP contribution in [0.4, 0.5) is 0 Å². The maximum absolute atomic E-state index is 13.0. The number of hydrogen-bond donors (Lipinski definition) is 1. The van der Waals surface area contributed by atoms with Gasteiger partial charge >= 0.3 is 17.9 Å². The molecule has 0 spiro atoms. The Morgan fingerprint density at radius 2 is 0.655 bits per heavy atom. The second-order valence-electron chi connectivity index (χ2n) is 26.6. The average Bonchev–Trinajstić information content (AvgIpc) is 3.59. The van der Waals surface area contributed by atoms with Crippen LogP contribution in [0.2, 0.25) is 0 Å². The van der Waals surface area contributed by atoms with Gasteiger partial charge in [0.05, 0.1) is 34.4 Å². The van der Waals surface area contributed by atoms with Gasteiger partial charge in [-0.25, -0.2) is 4.79 Å². The van der Waals surface area contributed by atoms with Gasteiger partial charge in [0.2, 0.25) is 0 Å². The molecule has 0 aliphatic rings. The third kappa shape index (κ3) is 70.3. The predicted octanol–water partition coefficient (Wildman–Crippen LogP) is 23.5. The summed E-state index contributed by atoms with van der Waals surface area (Å²) in [6.07, 6.45) is 87.8. The van der Waals surface area contributed by atoms with E-state index in [-0.39, 0.29) is 38.2 Å². The van der Waals surface area contributed by atoms with E-state index in [2.05, 4.69) is 74.6 Å². The van der Waals surface area contributed by atoms with Gasteiger partial charge in [-0.05, 0) is 77.0 Å². The number of allylic oxidation sites excluding steroid dienone is 10. The van der Waals surface area contributed by atoms with Crippen LogP contribution in [0.25, 0.3) is 0 Å². The molecule has 2 unspecified atom stereocenters. The number of nitrogens with zero attached hydrogens (tertiary/aromatic N) is 1. The van der Waals surface area contributed by atoms with Crippen molar-refractivity contribution in [1.82, 2.24) is 0 Å². The number of likely N-dealkylation sites (N-methyl/N-ethyl adjacent to an activating group) is 1. The van der Waals surface area contributed by atoms with Crippen LogP contribution in [0, 0.1) is 0 Å². The molecule has 0 radical (unpaired) electrons. The van der Waals surface area contributed by atoms with Gasteiger partial charge in [0, 0.05) is 12.8 Å². The Morgan fingerprint density at radius 3 is 0.989 bits per heavy atom. The Balaban J connectivity index is 4.03. The Bertz CT molecular complexity index is 1610. The lowest BCUT2D eigenvalue weighted by atomic mass is 10.0. The summed E-state index contributed by atoms with van der Waals surface area (Å²) in [4.78, 5) is 37.7. The van der Waals surface area contributed by atoms with Crippen LogP contribution in [0.3, 0.4) is 0 Å². The highest BCUT2D eigenvalue weighted by Gasteiger charge is 2.25. The lowest BCUT2D eigenvalue weighted by Crippen LogP contribution is -2.40. The van der Waals surface area contributed by atoms with E-state index in [0.29, 0.717) is 17.4 Å². The first-order valence-corrected chi connectivity index (χ1v) is 37.5. The maximum atomic E-state index is 13.0. The fraction of sp³-hybridized carbons (Fsp3) is 0.833. The minimum atomic E-state index is -1.51. The van der Waals surface area contributed by atoms with Crippen LogP contribution < -0.4 is 0 Å². The van der Waals surface area contributed by atoms with Crippen molar-refractivity contribution in [3.63, 3.8) is 0 Å². The van der Waals surface area contributed by atoms with E-state index in [9.17, 15) is 19.5 Å². The van der Waals surface area contributed by atoms with Crippen molar-refractivity contribution in [2.45, 2.75) is 373 Å². The van der Waals surface area contributed by atoms with Crippen molar-refractivity contribution in [2.75, 3.05) is 47.5 Å². The molecule has 87 heavy (non-hydrogen) atoms. The third-order valence-corrected chi connectivity index (χ3v) is 16.8. The molecule has 0 saturated heterocycles. The van der Waals surface area contributed by atoms with Crippen LogP contribution in [0.1, 0.15) is 361 Å². The molecule has 9 heteroatoms. The van der Waals surface area contributed by atoms with E-state index < -0.39 is 18.4 Å². The Kier molecular flexibility index (Phi) is 66.5. The van der Waals surface area contributed by atoms with Crippen molar-refractivity contribution in [1.29, 1.82) is 0 Å². The molecule has 0 aromatic heterocycles. The first-order valence-electron chi connectivity index (χ1n) is 37.5. The molecule has 0 amide bonds. The quantitative estimate of drug-likeness (QED) is 0.0211. The number of rotatable bonds is 70. The van der Waals surface area contributed by atoms with Crippen molar-refractivity contribution in [3.8, 4) is 0 Å². The molecular formula is C78H144NO8+. The van der Waals surface area contributed by atoms with Crippen molar-refractivity contribution >= 4 is 17.9 Å². The number of esters is 2. The molecule has 2 atom stereocenters. The number of carboxylic acid groups (broad SMARTS) is 1. The standard InChI is InChI=1S/C78H143NO8/c1-6-8-10-12-14-16-18-20-22-24-26-28-30-32-34-36-37-38-39-41-43-45-47-49-51-53-55-57-59-61-63-65-67-69-76(81)87-74(73-86-78(77(82)83)84-71-70-79(3,4)5)72-85-75(80)68-66-64-62-60-58-56-54-52-50-48-46-44-42-40-35-33-31-29-27-25-23-21-19-17-15-13-11-9-7-2/h8,10,14,16,20,22,25-28,74,78H,6-7,9,11-13,15,17-19,21,23-24,29-73H2,1-5H3/p+1/b10-8-,16-14-,22-20-,27-25-,28-26-. The topological polar surface area (TPSA) is 108 Å². The van der Waals surface area contributed by atoms with Crippen LogP contribution in [0.15, 0.2) is 60.8 Å². The molecule has 0 saturated carbocycles. The van der Waals surface area contributed by atoms with E-state index in [1.807, 2.05) is 21.1 Å². The minimum Gasteiger partial charge on any atom is -0.477 e. The molecule has 0 aliphatic carbocycles. The molecule has 0 aliphatic heterocycles. The summed E-state index contributed by atoms with van der Waals surface area (Å²) in [5.41, 5.74) is 0. The lowest BCUT2D eigenvalue weighted by molar-refractivity contribution is -0.870. The number of carbonyl (C=O) groups excluding carboxylic acids is 2. The zero-order valence-electron chi connectivity index (χ0n) is 58.2. The molecule has 0 aromatic carbocycles. The highest BCUT2D eigenvalue weighted by molar-refractivity contribution is 5.71. The largest absolute Gasteiger partial charge is 0.477 e. The van der Waals surface area contributed by atoms with Crippen molar-refractivity contribution < 1.29 is 42.9 Å². The van der Waals surface area contributed by atoms with Gasteiger partial charge in [0.15, 0.2) is 6.10 Å². The third-order valence-electron chi connectivity index (χ3n) is 16.8. The number of aliphatic carboxylic acids is 1. The smallest absolute Gasteiger partial charge is 0.361 e. The second-order valence-corrected chi connectivity index (χ2v) is 26.6. The first-order chi connectivity index (χ1) is 42.6. The van der Waals surface area contributed by atoms with E-state index in [0.717, 1.165) is 64.2 Å². The monoisotopic (exact) mass is 1220 g/mol. The van der Waals surface area contributed by atoms with Gasteiger partial charge in [-0.1, -0.05) is 331 Å². The summed E-state index contributed by atoms with van der Waals surface area (Å²) in [5, 5.41) is 9.76. The van der Waals surface area contributed by atoms with Gasteiger partial charge in [0.1, 0.15) is 13.2 Å². The molecule has 0 rings (SSSR count). The molecule has 0 fully saturated rings. The summed E-state index contributed by atoms with van der Waals surface area (Å²) < 4.78 is 23.0. The number of quaternary nitrogens is 1. The Morgan fingerprint density at radius 1 is 0.356 bits per heavy atom. The summed E-state index contributed by atoms with van der Waals surface area (Å²) in [6.45, 7) is 4.83. The number of carbonyl (C=O) groups is 3. The summed E-state index contributed by atoms with van der Waals surface area (Å²) in [5.74, 6) is -1.98. The molecule has 0 heterocycles. The Labute approximate surface area is 539 Å². The zero-order valence-corrected chi connectivity index (χ0v) is 58.2. The SMILES string of the molecule is CC/C=C\C/C=C\C/C=C\C/C=C\CCCCCCCCCCCCCCCCCCCCCCC(=O)OC(COC(=O)CCCCCCCCCCCCCCCCCCC/C=C\CCCCCCCCCC)COC(OCC[N+](C)(C)C)C(=O)O. The minimum absolute atomic E-state index is 0.177. The molecule has 0 bridgehead atoms. The number of carboxylic acids is 1. The van der Waals surface area contributed by atoms with Crippen LogP contribution in [-0.2, 0) is 33.3 Å². The molecule has 1 N–H and O–H groups in total. The summed E-state index contributed by atoms with van der Waals surface area (Å²) in [6, 6.07) is 0. The van der Waals surface area contributed by atoms with Gasteiger partial charge in [-0.3, -0.25) is 9.59 Å². The van der Waals surface area contributed by atoms with Gasteiger partial charge in [-0.15, -0.1) is 0 Å². The van der Waals surface area contributed by atoms with Gasteiger partial charge < -0.3 is 28.5 Å². The van der Waals surface area contributed by atoms with E-state index in [1.54, 1.807) is 0 Å². The normalized spacial score (nSPS) is 13.0. The second kappa shape index (κ2) is 68.9. The summed E-state index contributed by atoms with van der Waals surface area (Å²) >= 11 is 0.